The summed E-state index contributed by atoms with van der Waals surface area (Å²) in [6.45, 7) is 0. The predicted molar refractivity (Wildman–Crippen MR) is 91.0 cm³/mol. The van der Waals surface area contributed by atoms with Crippen molar-refractivity contribution >= 4 is 28.4 Å². The summed E-state index contributed by atoms with van der Waals surface area (Å²) in [7, 11) is 0. The van der Waals surface area contributed by atoms with Crippen molar-refractivity contribution in [1.82, 2.24) is 15.5 Å². The number of H-pyrrole nitrogens is 1. The summed E-state index contributed by atoms with van der Waals surface area (Å²) >= 11 is 0. The number of aromatic amines is 1. The molecule has 1 aliphatic carbocycles. The van der Waals surface area contributed by atoms with Gasteiger partial charge in [-0.25, -0.2) is 0 Å². The third kappa shape index (κ3) is 2.86. The van der Waals surface area contributed by atoms with Crippen LogP contribution in [0.25, 0.3) is 10.9 Å². The van der Waals surface area contributed by atoms with Crippen molar-refractivity contribution < 1.29 is 9.59 Å². The minimum absolute atomic E-state index is 0.0717. The molecule has 0 atom stereocenters. The Labute approximate surface area is 138 Å². The summed E-state index contributed by atoms with van der Waals surface area (Å²) in [6, 6.07) is 12.7. The molecule has 24 heavy (non-hydrogen) atoms. The van der Waals surface area contributed by atoms with Gasteiger partial charge in [-0.1, -0.05) is 12.1 Å². The van der Waals surface area contributed by atoms with Crippen LogP contribution in [0.3, 0.4) is 0 Å². The molecule has 2 aromatic carbocycles. The largest absolute Gasteiger partial charge is 0.349 e. The topological polar surface area (TPSA) is 86.9 Å². The number of fused-ring (bicyclic) bond motifs is 1. The summed E-state index contributed by atoms with van der Waals surface area (Å²) in [4.78, 5) is 24.4. The highest BCUT2D eigenvalue weighted by Crippen LogP contribution is 2.20. The van der Waals surface area contributed by atoms with Gasteiger partial charge in [-0.2, -0.15) is 5.10 Å². The van der Waals surface area contributed by atoms with E-state index in [-0.39, 0.29) is 11.8 Å². The number of carbonyl (C=O) groups excluding carboxylic acids is 2. The van der Waals surface area contributed by atoms with Gasteiger partial charge in [-0.05, 0) is 43.2 Å². The van der Waals surface area contributed by atoms with Crippen molar-refractivity contribution in [2.75, 3.05) is 5.32 Å². The van der Waals surface area contributed by atoms with Crippen LogP contribution in [0.5, 0.6) is 0 Å². The number of nitrogens with one attached hydrogen (secondary N) is 3. The zero-order valence-electron chi connectivity index (χ0n) is 12.9. The first kappa shape index (κ1) is 14.4. The number of rotatable bonds is 4. The zero-order valence-corrected chi connectivity index (χ0v) is 12.9. The number of benzene rings is 2. The SMILES string of the molecule is O=C(NC1CC1)c1ccc(NC(=O)c2cccc3cn[nH]c23)cc1. The lowest BCUT2D eigenvalue weighted by molar-refractivity contribution is 0.0950. The van der Waals surface area contributed by atoms with Crippen molar-refractivity contribution in [2.24, 2.45) is 0 Å². The molecule has 1 aromatic heterocycles. The second-order valence-corrected chi connectivity index (χ2v) is 5.92. The molecule has 3 aromatic rings. The highest BCUT2D eigenvalue weighted by atomic mass is 16.2. The number of amides is 2. The van der Waals surface area contributed by atoms with Crippen molar-refractivity contribution in [2.45, 2.75) is 18.9 Å². The number of anilines is 1. The molecule has 0 radical (unpaired) electrons. The van der Waals surface area contributed by atoms with Gasteiger partial charge in [0.1, 0.15) is 0 Å². The van der Waals surface area contributed by atoms with Crippen molar-refractivity contribution in [3.8, 4) is 0 Å². The zero-order chi connectivity index (χ0) is 16.5. The molecule has 0 bridgehead atoms. The van der Waals surface area contributed by atoms with Crippen LogP contribution >= 0.6 is 0 Å². The van der Waals surface area contributed by atoms with E-state index < -0.39 is 0 Å². The molecule has 1 saturated carbocycles. The third-order valence-corrected chi connectivity index (χ3v) is 4.04. The number of hydrogen-bond donors (Lipinski definition) is 3. The van der Waals surface area contributed by atoms with Gasteiger partial charge in [-0.3, -0.25) is 14.7 Å². The summed E-state index contributed by atoms with van der Waals surface area (Å²) in [6.07, 6.45) is 3.79. The molecule has 1 fully saturated rings. The lowest BCUT2D eigenvalue weighted by Gasteiger charge is -2.08. The molecule has 3 N–H and O–H groups in total. The van der Waals surface area contributed by atoms with Crippen molar-refractivity contribution in [3.63, 3.8) is 0 Å². The molecule has 0 spiro atoms. The molecule has 0 aliphatic heterocycles. The Balaban J connectivity index is 1.49. The van der Waals surface area contributed by atoms with Gasteiger partial charge >= 0.3 is 0 Å². The molecule has 1 heterocycles. The van der Waals surface area contributed by atoms with E-state index >= 15 is 0 Å². The summed E-state index contributed by atoms with van der Waals surface area (Å²) < 4.78 is 0. The number of nitrogens with zero attached hydrogens (tertiary/aromatic N) is 1. The van der Waals surface area contributed by atoms with E-state index in [1.807, 2.05) is 12.1 Å². The fraction of sp³-hybridized carbons (Fsp3) is 0.167. The average molecular weight is 320 g/mol. The fourth-order valence-corrected chi connectivity index (χ4v) is 2.56. The molecule has 4 rings (SSSR count). The Morgan fingerprint density at radius 3 is 2.58 bits per heavy atom. The second-order valence-electron chi connectivity index (χ2n) is 5.92. The molecule has 6 nitrogen and oxygen atoms in total. The van der Waals surface area contributed by atoms with E-state index in [0.717, 1.165) is 18.2 Å². The Bertz CT molecular complexity index is 910. The molecule has 0 unspecified atom stereocenters. The summed E-state index contributed by atoms with van der Waals surface area (Å²) in [5.74, 6) is -0.294. The van der Waals surface area contributed by atoms with Crippen molar-refractivity contribution in [3.05, 3.63) is 59.8 Å². The van der Waals surface area contributed by atoms with Crippen molar-refractivity contribution in [1.29, 1.82) is 0 Å². The standard InChI is InChI=1S/C18H16N4O2/c23-17(20-14-8-9-14)11-4-6-13(7-5-11)21-18(24)15-3-1-2-12-10-19-22-16(12)15/h1-7,10,14H,8-9H2,(H,19,22)(H,20,23)(H,21,24). The summed E-state index contributed by atoms with van der Waals surface area (Å²) in [5, 5.41) is 13.5. The number of para-hydroxylation sites is 1. The molecule has 6 heteroatoms. The molecule has 2 amide bonds. The lowest BCUT2D eigenvalue weighted by atomic mass is 10.1. The van der Waals surface area contributed by atoms with Gasteiger partial charge in [0.25, 0.3) is 11.8 Å². The van der Waals surface area contributed by atoms with Gasteiger partial charge in [-0.15, -0.1) is 0 Å². The van der Waals surface area contributed by atoms with Crippen LogP contribution in [0.15, 0.2) is 48.7 Å². The Morgan fingerprint density at radius 1 is 1.04 bits per heavy atom. The number of aromatic nitrogens is 2. The maximum atomic E-state index is 12.5. The first-order valence-corrected chi connectivity index (χ1v) is 7.85. The average Bonchev–Trinajstić information content (AvgIpc) is 3.27. The van der Waals surface area contributed by atoms with E-state index in [0.29, 0.717) is 28.4 Å². The predicted octanol–water partition coefficient (Wildman–Crippen LogP) is 2.71. The number of carbonyl (C=O) groups is 2. The monoisotopic (exact) mass is 320 g/mol. The van der Waals surface area contributed by atoms with Crippen LogP contribution in [-0.2, 0) is 0 Å². The third-order valence-electron chi connectivity index (χ3n) is 4.04. The maximum absolute atomic E-state index is 12.5. The van der Waals surface area contributed by atoms with E-state index in [2.05, 4.69) is 20.8 Å². The van der Waals surface area contributed by atoms with Crippen LogP contribution < -0.4 is 10.6 Å². The summed E-state index contributed by atoms with van der Waals surface area (Å²) in [5.41, 5.74) is 2.46. The maximum Gasteiger partial charge on any atom is 0.257 e. The van der Waals surface area contributed by atoms with Crippen LogP contribution in [0.4, 0.5) is 5.69 Å². The molecular formula is C18H16N4O2. The number of hydrogen-bond acceptors (Lipinski definition) is 3. The minimum Gasteiger partial charge on any atom is -0.349 e. The quantitative estimate of drug-likeness (QED) is 0.691. The second kappa shape index (κ2) is 5.81. The van der Waals surface area contributed by atoms with E-state index in [1.165, 1.54) is 0 Å². The van der Waals surface area contributed by atoms with Gasteiger partial charge < -0.3 is 10.6 Å². The Hall–Kier alpha value is -3.15. The van der Waals surface area contributed by atoms with Crippen LogP contribution in [-0.4, -0.2) is 28.1 Å². The first-order valence-electron chi connectivity index (χ1n) is 7.85. The fourth-order valence-electron chi connectivity index (χ4n) is 2.56. The smallest absolute Gasteiger partial charge is 0.257 e. The van der Waals surface area contributed by atoms with Crippen LogP contribution in [0, 0.1) is 0 Å². The normalized spacial score (nSPS) is 13.7. The van der Waals surface area contributed by atoms with Gasteiger partial charge in [0, 0.05) is 22.7 Å². The van der Waals surface area contributed by atoms with E-state index in [9.17, 15) is 9.59 Å². The van der Waals surface area contributed by atoms with Crippen LogP contribution in [0.2, 0.25) is 0 Å². The van der Waals surface area contributed by atoms with E-state index in [1.54, 1.807) is 36.5 Å². The Morgan fingerprint density at radius 2 is 1.83 bits per heavy atom. The lowest BCUT2D eigenvalue weighted by Crippen LogP contribution is -2.25. The molecule has 0 saturated heterocycles. The molecular weight excluding hydrogens is 304 g/mol. The minimum atomic E-state index is -0.222. The van der Waals surface area contributed by atoms with Gasteiger partial charge in [0.15, 0.2) is 0 Å². The molecule has 1 aliphatic rings. The highest BCUT2D eigenvalue weighted by molar-refractivity contribution is 6.11. The highest BCUT2D eigenvalue weighted by Gasteiger charge is 2.23. The van der Waals surface area contributed by atoms with E-state index in [4.69, 9.17) is 0 Å². The molecule has 120 valence electrons. The van der Waals surface area contributed by atoms with Gasteiger partial charge in [0.05, 0.1) is 17.3 Å². The van der Waals surface area contributed by atoms with Crippen LogP contribution in [0.1, 0.15) is 33.6 Å². The first-order chi connectivity index (χ1) is 11.7. The van der Waals surface area contributed by atoms with Gasteiger partial charge in [0.2, 0.25) is 0 Å². The Kier molecular flexibility index (Phi) is 3.49.